The van der Waals surface area contributed by atoms with Gasteiger partial charge in [0.2, 0.25) is 10.0 Å². The minimum absolute atomic E-state index is 0.00238. The van der Waals surface area contributed by atoms with Gasteiger partial charge in [-0.25, -0.2) is 8.42 Å². The molecule has 1 fully saturated rings. The van der Waals surface area contributed by atoms with E-state index in [1.807, 2.05) is 6.07 Å². The molecule has 0 aliphatic carbocycles. The molecule has 1 saturated heterocycles. The maximum atomic E-state index is 13.3. The van der Waals surface area contributed by atoms with Crippen LogP contribution in [0.4, 0.5) is 5.69 Å². The Hall–Kier alpha value is -2.94. The number of sulfonamides is 1. The summed E-state index contributed by atoms with van der Waals surface area (Å²) in [6.07, 6.45) is 0.879. The summed E-state index contributed by atoms with van der Waals surface area (Å²) in [5, 5.41) is 3.21. The Morgan fingerprint density at radius 3 is 2.48 bits per heavy atom. The van der Waals surface area contributed by atoms with Gasteiger partial charge in [0.15, 0.2) is 0 Å². The van der Waals surface area contributed by atoms with E-state index in [9.17, 15) is 18.0 Å². The van der Waals surface area contributed by atoms with Gasteiger partial charge in [-0.15, -0.1) is 0 Å². The van der Waals surface area contributed by atoms with Crippen LogP contribution in [-0.4, -0.2) is 36.3 Å². The van der Waals surface area contributed by atoms with Gasteiger partial charge >= 0.3 is 0 Å². The monoisotopic (exact) mass is 483 g/mol. The first-order valence-corrected chi connectivity index (χ1v) is 12.5. The van der Waals surface area contributed by atoms with Gasteiger partial charge in [-0.1, -0.05) is 23.7 Å². The minimum atomic E-state index is -3.70. The molecule has 0 spiro atoms. The number of halogens is 1. The number of carbonyl (C=O) groups is 1. The number of carbonyl (C=O) groups excluding carboxylic acids is 1. The van der Waals surface area contributed by atoms with Crippen LogP contribution in [0.3, 0.4) is 0 Å². The molecule has 33 heavy (non-hydrogen) atoms. The third-order valence-electron chi connectivity index (χ3n) is 6.28. The highest BCUT2D eigenvalue weighted by atomic mass is 35.5. The number of piperidine rings is 1. The number of aromatic nitrogens is 1. The Labute approximate surface area is 196 Å². The number of nitrogens with zero attached hydrogens (tertiary/aromatic N) is 2. The first kappa shape index (κ1) is 21.9. The van der Waals surface area contributed by atoms with E-state index in [2.05, 4.69) is 5.32 Å². The standard InChI is InChI=1S/C24H22ClN3O4S/c25-19-4-1-3-17(12-19)24(30)26-20-7-9-21(10-8-20)33(31,32)27-13-16-11-18(15-27)22-5-2-6-23(29)28(22)14-16/h1-10,12,16,18H,11,13-15H2,(H,26,30). The van der Waals surface area contributed by atoms with Gasteiger partial charge in [0.25, 0.3) is 11.5 Å². The Balaban J connectivity index is 1.33. The van der Waals surface area contributed by atoms with E-state index < -0.39 is 10.0 Å². The van der Waals surface area contributed by atoms with Crippen molar-refractivity contribution < 1.29 is 13.2 Å². The summed E-state index contributed by atoms with van der Waals surface area (Å²) in [6, 6.07) is 18.0. The first-order valence-electron chi connectivity index (χ1n) is 10.7. The van der Waals surface area contributed by atoms with Gasteiger partial charge in [-0.3, -0.25) is 9.59 Å². The zero-order valence-corrected chi connectivity index (χ0v) is 19.2. The molecule has 2 bridgehead atoms. The Morgan fingerprint density at radius 2 is 1.73 bits per heavy atom. The molecule has 1 N–H and O–H groups in total. The summed E-state index contributed by atoms with van der Waals surface area (Å²) in [5.41, 5.74) is 1.77. The van der Waals surface area contributed by atoms with E-state index in [-0.39, 0.29) is 28.2 Å². The quantitative estimate of drug-likeness (QED) is 0.614. The fraction of sp³-hybridized carbons (Fsp3) is 0.250. The number of amides is 1. The number of nitrogens with one attached hydrogen (secondary N) is 1. The van der Waals surface area contributed by atoms with Crippen LogP contribution in [0.1, 0.15) is 28.4 Å². The highest BCUT2D eigenvalue weighted by molar-refractivity contribution is 7.89. The van der Waals surface area contributed by atoms with Crippen molar-refractivity contribution in [1.82, 2.24) is 8.87 Å². The molecular formula is C24H22ClN3O4S. The highest BCUT2D eigenvalue weighted by Gasteiger charge is 2.39. The third-order valence-corrected chi connectivity index (χ3v) is 8.36. The maximum absolute atomic E-state index is 13.3. The molecule has 9 heteroatoms. The van der Waals surface area contributed by atoms with E-state index in [1.54, 1.807) is 53.1 Å². The van der Waals surface area contributed by atoms with Crippen LogP contribution in [0.5, 0.6) is 0 Å². The topological polar surface area (TPSA) is 88.5 Å². The van der Waals surface area contributed by atoms with Crippen molar-refractivity contribution in [3.63, 3.8) is 0 Å². The smallest absolute Gasteiger partial charge is 0.255 e. The van der Waals surface area contributed by atoms with Crippen LogP contribution >= 0.6 is 11.6 Å². The molecular weight excluding hydrogens is 462 g/mol. The average molecular weight is 484 g/mol. The number of hydrogen-bond donors (Lipinski definition) is 1. The zero-order chi connectivity index (χ0) is 23.2. The van der Waals surface area contributed by atoms with E-state index in [1.165, 1.54) is 16.4 Å². The van der Waals surface area contributed by atoms with E-state index in [0.29, 0.717) is 35.9 Å². The molecule has 170 valence electrons. The first-order chi connectivity index (χ1) is 15.8. The maximum Gasteiger partial charge on any atom is 0.255 e. The minimum Gasteiger partial charge on any atom is -0.322 e. The van der Waals surface area contributed by atoms with Crippen molar-refractivity contribution in [3.05, 3.63) is 93.4 Å². The van der Waals surface area contributed by atoms with Crippen LogP contribution in [0.2, 0.25) is 5.02 Å². The SMILES string of the molecule is O=C(Nc1ccc(S(=O)(=O)N2CC3CC(C2)c2cccc(=O)n2C3)cc1)c1cccc(Cl)c1. The van der Waals surface area contributed by atoms with Crippen molar-refractivity contribution in [3.8, 4) is 0 Å². The van der Waals surface area contributed by atoms with E-state index in [0.717, 1.165) is 12.1 Å². The number of pyridine rings is 1. The largest absolute Gasteiger partial charge is 0.322 e. The molecule has 0 radical (unpaired) electrons. The number of hydrogen-bond acceptors (Lipinski definition) is 4. The van der Waals surface area contributed by atoms with E-state index in [4.69, 9.17) is 11.6 Å². The van der Waals surface area contributed by atoms with Crippen LogP contribution in [0.15, 0.2) is 76.4 Å². The van der Waals surface area contributed by atoms with Gasteiger partial charge in [0, 0.05) is 53.6 Å². The predicted molar refractivity (Wildman–Crippen MR) is 126 cm³/mol. The lowest BCUT2D eigenvalue weighted by molar-refractivity contribution is 0.102. The second kappa shape index (κ2) is 8.44. The molecule has 3 aromatic rings. The second-order valence-electron chi connectivity index (χ2n) is 8.51. The number of fused-ring (bicyclic) bond motifs is 4. The summed E-state index contributed by atoms with van der Waals surface area (Å²) in [7, 11) is -3.70. The lowest BCUT2D eigenvalue weighted by Gasteiger charge is -2.42. The lowest BCUT2D eigenvalue weighted by Crippen LogP contribution is -2.48. The molecule has 2 atom stereocenters. The molecule has 5 rings (SSSR count). The number of rotatable bonds is 4. The Bertz CT molecular complexity index is 1390. The van der Waals surface area contributed by atoms with Crippen LogP contribution in [-0.2, 0) is 16.6 Å². The highest BCUT2D eigenvalue weighted by Crippen LogP contribution is 2.37. The Morgan fingerprint density at radius 1 is 0.970 bits per heavy atom. The fourth-order valence-electron chi connectivity index (χ4n) is 4.74. The molecule has 7 nitrogen and oxygen atoms in total. The predicted octanol–water partition coefficient (Wildman–Crippen LogP) is 3.56. The second-order valence-corrected chi connectivity index (χ2v) is 10.9. The van der Waals surface area contributed by atoms with E-state index >= 15 is 0 Å². The fourth-order valence-corrected chi connectivity index (χ4v) is 6.49. The Kier molecular flexibility index (Phi) is 5.60. The number of benzene rings is 2. The average Bonchev–Trinajstić information content (AvgIpc) is 2.80. The zero-order valence-electron chi connectivity index (χ0n) is 17.6. The molecule has 2 aromatic carbocycles. The molecule has 3 heterocycles. The molecule has 1 aromatic heterocycles. The van der Waals surface area contributed by atoms with Crippen LogP contribution < -0.4 is 10.9 Å². The van der Waals surface area contributed by atoms with Gasteiger partial charge in [0.05, 0.1) is 4.90 Å². The van der Waals surface area contributed by atoms with Gasteiger partial charge in [0.1, 0.15) is 0 Å². The third kappa shape index (κ3) is 4.21. The van der Waals surface area contributed by atoms with Crippen molar-refractivity contribution in [2.75, 3.05) is 18.4 Å². The molecule has 0 saturated carbocycles. The lowest BCUT2D eigenvalue weighted by atomic mass is 9.84. The van der Waals surface area contributed by atoms with Crippen LogP contribution in [0, 0.1) is 5.92 Å². The summed E-state index contributed by atoms with van der Waals surface area (Å²) >= 11 is 5.94. The van der Waals surface area contributed by atoms with Crippen molar-refractivity contribution in [2.24, 2.45) is 5.92 Å². The van der Waals surface area contributed by atoms with Crippen molar-refractivity contribution >= 4 is 33.2 Å². The van der Waals surface area contributed by atoms with Crippen molar-refractivity contribution in [1.29, 1.82) is 0 Å². The van der Waals surface area contributed by atoms with Crippen LogP contribution in [0.25, 0.3) is 0 Å². The van der Waals surface area contributed by atoms with Crippen molar-refractivity contribution in [2.45, 2.75) is 23.8 Å². The normalized spacial score (nSPS) is 20.2. The summed E-state index contributed by atoms with van der Waals surface area (Å²) in [4.78, 5) is 24.8. The van der Waals surface area contributed by atoms with Gasteiger partial charge < -0.3 is 9.88 Å². The molecule has 2 aliphatic rings. The summed E-state index contributed by atoms with van der Waals surface area (Å²) in [6.45, 7) is 1.26. The summed E-state index contributed by atoms with van der Waals surface area (Å²) < 4.78 is 30.0. The van der Waals surface area contributed by atoms with Gasteiger partial charge in [-0.05, 0) is 60.9 Å². The molecule has 1 amide bonds. The number of anilines is 1. The summed E-state index contributed by atoms with van der Waals surface area (Å²) in [5.74, 6) is -0.231. The van der Waals surface area contributed by atoms with Gasteiger partial charge in [-0.2, -0.15) is 4.31 Å². The molecule has 2 aliphatic heterocycles. The molecule has 2 unspecified atom stereocenters.